The zero-order valence-corrected chi connectivity index (χ0v) is 14.0. The van der Waals surface area contributed by atoms with Crippen LogP contribution in [0.1, 0.15) is 22.6 Å². The fourth-order valence-electron chi connectivity index (χ4n) is 1.88. The third kappa shape index (κ3) is 3.53. The van der Waals surface area contributed by atoms with Gasteiger partial charge in [-0.2, -0.15) is 10.2 Å². The molecule has 2 aromatic heterocycles. The summed E-state index contributed by atoms with van der Waals surface area (Å²) in [4.78, 5) is 23.8. The molecule has 0 bridgehead atoms. The molecule has 0 aromatic carbocycles. The lowest BCUT2D eigenvalue weighted by atomic mass is 10.2. The highest BCUT2D eigenvalue weighted by Gasteiger charge is 2.21. The molecule has 2 aromatic rings. The minimum atomic E-state index is -0.588. The maximum absolute atomic E-state index is 12.1. The van der Waals surface area contributed by atoms with Crippen LogP contribution in [-0.2, 0) is 23.1 Å². The molecule has 0 atom stereocenters. The molecule has 0 spiro atoms. The van der Waals surface area contributed by atoms with E-state index in [1.807, 2.05) is 0 Å². The standard InChI is InChI=1S/C13H16BrN5O3/c1-8-11(12(13(21)22-3)17-18(8)2)16-10(20)4-5-19-7-9(14)6-15-19/h6-7H,4-5H2,1-3H3,(H,16,20). The summed E-state index contributed by atoms with van der Waals surface area (Å²) in [5.41, 5.74) is 1.15. The second kappa shape index (κ2) is 6.73. The number of methoxy groups -OCH3 is 1. The van der Waals surface area contributed by atoms with Crippen molar-refractivity contribution in [2.24, 2.45) is 7.05 Å². The van der Waals surface area contributed by atoms with Gasteiger partial charge in [-0.1, -0.05) is 0 Å². The van der Waals surface area contributed by atoms with Gasteiger partial charge in [-0.3, -0.25) is 14.2 Å². The Hall–Kier alpha value is -2.16. The number of anilines is 1. The first-order valence-corrected chi connectivity index (χ1v) is 7.31. The van der Waals surface area contributed by atoms with Crippen molar-refractivity contribution in [1.82, 2.24) is 19.6 Å². The summed E-state index contributed by atoms with van der Waals surface area (Å²) in [5.74, 6) is -0.817. The Bertz CT molecular complexity index is 707. The van der Waals surface area contributed by atoms with Crippen molar-refractivity contribution in [3.05, 3.63) is 28.3 Å². The van der Waals surface area contributed by atoms with Crippen LogP contribution >= 0.6 is 15.9 Å². The van der Waals surface area contributed by atoms with E-state index in [0.29, 0.717) is 17.9 Å². The zero-order valence-electron chi connectivity index (χ0n) is 12.5. The van der Waals surface area contributed by atoms with Crippen LogP contribution in [-0.4, -0.2) is 38.5 Å². The van der Waals surface area contributed by atoms with Crippen molar-refractivity contribution < 1.29 is 14.3 Å². The highest BCUT2D eigenvalue weighted by atomic mass is 79.9. The second-order valence-electron chi connectivity index (χ2n) is 4.64. The van der Waals surface area contributed by atoms with Crippen LogP contribution in [0.25, 0.3) is 0 Å². The summed E-state index contributed by atoms with van der Waals surface area (Å²) < 4.78 is 8.70. The monoisotopic (exact) mass is 369 g/mol. The molecule has 2 heterocycles. The van der Waals surface area contributed by atoms with E-state index in [2.05, 4.69) is 36.2 Å². The molecule has 0 fully saturated rings. The number of hydrogen-bond donors (Lipinski definition) is 1. The van der Waals surface area contributed by atoms with Gasteiger partial charge in [-0.15, -0.1) is 0 Å². The van der Waals surface area contributed by atoms with Crippen LogP contribution in [0.3, 0.4) is 0 Å². The number of carbonyl (C=O) groups is 2. The lowest BCUT2D eigenvalue weighted by molar-refractivity contribution is -0.116. The quantitative estimate of drug-likeness (QED) is 0.806. The molecule has 22 heavy (non-hydrogen) atoms. The van der Waals surface area contributed by atoms with Crippen molar-refractivity contribution in [1.29, 1.82) is 0 Å². The van der Waals surface area contributed by atoms with Gasteiger partial charge in [0, 0.05) is 26.2 Å². The van der Waals surface area contributed by atoms with E-state index >= 15 is 0 Å². The van der Waals surface area contributed by atoms with E-state index in [4.69, 9.17) is 0 Å². The molecule has 0 saturated carbocycles. The Labute approximate surface area is 135 Å². The average Bonchev–Trinajstić information content (AvgIpc) is 3.03. The summed E-state index contributed by atoms with van der Waals surface area (Å²) in [5, 5.41) is 10.8. The Morgan fingerprint density at radius 2 is 2.18 bits per heavy atom. The molecule has 0 aliphatic carbocycles. The minimum Gasteiger partial charge on any atom is -0.464 e. The number of carbonyl (C=O) groups excluding carboxylic acids is 2. The maximum Gasteiger partial charge on any atom is 0.360 e. The smallest absolute Gasteiger partial charge is 0.360 e. The van der Waals surface area contributed by atoms with E-state index in [-0.39, 0.29) is 18.0 Å². The maximum atomic E-state index is 12.1. The molecule has 0 aliphatic rings. The second-order valence-corrected chi connectivity index (χ2v) is 5.56. The fraction of sp³-hybridized carbons (Fsp3) is 0.385. The lowest BCUT2D eigenvalue weighted by Crippen LogP contribution is -2.17. The highest BCUT2D eigenvalue weighted by Crippen LogP contribution is 2.20. The number of nitrogens with zero attached hydrogens (tertiary/aromatic N) is 4. The first kappa shape index (κ1) is 16.2. The van der Waals surface area contributed by atoms with Gasteiger partial charge in [-0.05, 0) is 22.9 Å². The Morgan fingerprint density at radius 1 is 1.45 bits per heavy atom. The highest BCUT2D eigenvalue weighted by molar-refractivity contribution is 9.10. The number of nitrogens with one attached hydrogen (secondary N) is 1. The molecule has 0 unspecified atom stereocenters. The van der Waals surface area contributed by atoms with Gasteiger partial charge in [0.25, 0.3) is 0 Å². The van der Waals surface area contributed by atoms with Crippen molar-refractivity contribution in [2.45, 2.75) is 19.9 Å². The van der Waals surface area contributed by atoms with Crippen molar-refractivity contribution in [3.8, 4) is 0 Å². The molecule has 1 N–H and O–H groups in total. The number of hydrogen-bond acceptors (Lipinski definition) is 5. The summed E-state index contributed by atoms with van der Waals surface area (Å²) in [6, 6.07) is 0. The van der Waals surface area contributed by atoms with Crippen molar-refractivity contribution in [3.63, 3.8) is 0 Å². The predicted octanol–water partition coefficient (Wildman–Crippen LogP) is 1.50. The summed E-state index contributed by atoms with van der Waals surface area (Å²) in [6.07, 6.45) is 3.66. The number of esters is 1. The molecule has 0 saturated heterocycles. The minimum absolute atomic E-state index is 0.0951. The molecule has 9 heteroatoms. The van der Waals surface area contributed by atoms with Gasteiger partial charge in [0.15, 0.2) is 5.69 Å². The first-order valence-electron chi connectivity index (χ1n) is 6.52. The first-order chi connectivity index (χ1) is 10.4. The average molecular weight is 370 g/mol. The lowest BCUT2D eigenvalue weighted by Gasteiger charge is -2.06. The Morgan fingerprint density at radius 3 is 2.77 bits per heavy atom. The van der Waals surface area contributed by atoms with E-state index < -0.39 is 5.97 Å². The normalized spacial score (nSPS) is 10.5. The van der Waals surface area contributed by atoms with Crippen LogP contribution in [0, 0.1) is 6.92 Å². The molecule has 0 aliphatic heterocycles. The van der Waals surface area contributed by atoms with Crippen LogP contribution in [0.15, 0.2) is 16.9 Å². The predicted molar refractivity (Wildman–Crippen MR) is 82.5 cm³/mol. The summed E-state index contributed by atoms with van der Waals surface area (Å²) in [7, 11) is 2.96. The molecule has 1 amide bonds. The van der Waals surface area contributed by atoms with E-state index in [1.165, 1.54) is 11.8 Å². The van der Waals surface area contributed by atoms with E-state index in [9.17, 15) is 9.59 Å². The third-order valence-corrected chi connectivity index (χ3v) is 3.56. The zero-order chi connectivity index (χ0) is 16.3. The SMILES string of the molecule is COC(=O)c1nn(C)c(C)c1NC(=O)CCn1cc(Br)cn1. The summed E-state index contributed by atoms with van der Waals surface area (Å²) >= 11 is 3.29. The molecular formula is C13H16BrN5O3. The molecule has 2 rings (SSSR count). The third-order valence-electron chi connectivity index (χ3n) is 3.15. The molecule has 8 nitrogen and oxygen atoms in total. The number of ether oxygens (including phenoxy) is 1. The molecule has 118 valence electrons. The number of aryl methyl sites for hydroxylation is 2. The van der Waals surface area contributed by atoms with E-state index in [0.717, 1.165) is 4.47 Å². The Kier molecular flexibility index (Phi) is 4.96. The number of amides is 1. The Balaban J connectivity index is 2.06. The largest absolute Gasteiger partial charge is 0.464 e. The van der Waals surface area contributed by atoms with Gasteiger partial charge in [0.05, 0.1) is 29.2 Å². The van der Waals surface area contributed by atoms with Gasteiger partial charge in [0.2, 0.25) is 5.91 Å². The van der Waals surface area contributed by atoms with Crippen LogP contribution in [0.2, 0.25) is 0 Å². The molecular weight excluding hydrogens is 354 g/mol. The number of halogens is 1. The fourth-order valence-corrected chi connectivity index (χ4v) is 2.20. The van der Waals surface area contributed by atoms with Crippen LogP contribution < -0.4 is 5.32 Å². The van der Waals surface area contributed by atoms with Gasteiger partial charge in [0.1, 0.15) is 0 Å². The van der Waals surface area contributed by atoms with Crippen LogP contribution in [0.4, 0.5) is 5.69 Å². The van der Waals surface area contributed by atoms with Gasteiger partial charge < -0.3 is 10.1 Å². The topological polar surface area (TPSA) is 91.0 Å². The van der Waals surface area contributed by atoms with Crippen molar-refractivity contribution >= 4 is 33.5 Å². The van der Waals surface area contributed by atoms with E-state index in [1.54, 1.807) is 31.0 Å². The van der Waals surface area contributed by atoms with Crippen molar-refractivity contribution in [2.75, 3.05) is 12.4 Å². The van der Waals surface area contributed by atoms with Gasteiger partial charge in [-0.25, -0.2) is 4.79 Å². The van der Waals surface area contributed by atoms with Crippen LogP contribution in [0.5, 0.6) is 0 Å². The summed E-state index contributed by atoms with van der Waals surface area (Å²) in [6.45, 7) is 2.20. The molecule has 0 radical (unpaired) electrons. The van der Waals surface area contributed by atoms with Gasteiger partial charge >= 0.3 is 5.97 Å². The number of rotatable bonds is 5. The number of aromatic nitrogens is 4.